The fourth-order valence-corrected chi connectivity index (χ4v) is 2.85. The first-order valence-electron chi connectivity index (χ1n) is 10.2. The van der Waals surface area contributed by atoms with Crippen LogP contribution in [-0.4, -0.2) is 11.6 Å². The number of hydrogen-bond acceptors (Lipinski definition) is 4. The third-order valence-electron chi connectivity index (χ3n) is 4.53. The molecule has 2 N–H and O–H groups in total. The van der Waals surface area contributed by atoms with E-state index in [4.69, 9.17) is 20.3 Å². The summed E-state index contributed by atoms with van der Waals surface area (Å²) in [5, 5.41) is 16.4. The summed E-state index contributed by atoms with van der Waals surface area (Å²) in [6, 6.07) is 23.3. The van der Waals surface area contributed by atoms with E-state index in [1.807, 2.05) is 60.7 Å². The molecule has 0 saturated heterocycles. The Hall–Kier alpha value is -4.31. The van der Waals surface area contributed by atoms with Gasteiger partial charge in [-0.1, -0.05) is 78.7 Å². The van der Waals surface area contributed by atoms with Crippen LogP contribution in [0.2, 0.25) is 0 Å². The molecule has 0 aromatic heterocycles. The molecule has 172 valence electrons. The van der Waals surface area contributed by atoms with Gasteiger partial charge in [-0.2, -0.15) is 13.2 Å². The highest BCUT2D eigenvalue weighted by atomic mass is 19.4. The smallest absolute Gasteiger partial charge is 0.417 e. The molecule has 0 unspecified atom stereocenters. The number of halogens is 3. The molecule has 34 heavy (non-hydrogen) atoms. The number of nitrogens with one attached hydrogen (secondary N) is 2. The van der Waals surface area contributed by atoms with Gasteiger partial charge in [0.1, 0.15) is 18.9 Å². The van der Waals surface area contributed by atoms with E-state index in [0.717, 1.165) is 17.2 Å². The molecule has 0 radical (unpaired) electrons. The lowest BCUT2D eigenvalue weighted by Crippen LogP contribution is -2.12. The van der Waals surface area contributed by atoms with Gasteiger partial charge >= 0.3 is 6.18 Å². The lowest BCUT2D eigenvalue weighted by molar-refractivity contribution is -0.137. The molecule has 3 aromatic carbocycles. The summed E-state index contributed by atoms with van der Waals surface area (Å²) in [7, 11) is 0. The minimum atomic E-state index is -4.55. The Balaban J connectivity index is 1.79. The van der Waals surface area contributed by atoms with Crippen LogP contribution in [0.3, 0.4) is 0 Å². The quantitative estimate of drug-likeness (QED) is 0.185. The van der Waals surface area contributed by atoms with Gasteiger partial charge in [0, 0.05) is 11.6 Å². The molecule has 0 amide bonds. The summed E-state index contributed by atoms with van der Waals surface area (Å²) in [5.74, 6) is 4.41. The molecular formula is C27H21F3N2O2. The van der Waals surface area contributed by atoms with Crippen LogP contribution < -0.4 is 0 Å². The molecule has 0 aliphatic heterocycles. The highest BCUT2D eigenvalue weighted by molar-refractivity contribution is 6.10. The zero-order chi connectivity index (χ0) is 24.4. The monoisotopic (exact) mass is 462 g/mol. The fourth-order valence-electron chi connectivity index (χ4n) is 2.85. The number of ether oxygens (including phenoxy) is 2. The molecular weight excluding hydrogens is 441 g/mol. The van der Waals surface area contributed by atoms with Gasteiger partial charge < -0.3 is 9.47 Å². The molecule has 3 rings (SSSR count). The second-order valence-corrected chi connectivity index (χ2v) is 7.09. The summed E-state index contributed by atoms with van der Waals surface area (Å²) >= 11 is 0. The van der Waals surface area contributed by atoms with Crippen LogP contribution in [-0.2, 0) is 28.9 Å². The van der Waals surface area contributed by atoms with Gasteiger partial charge in [-0.25, -0.2) is 0 Å². The third kappa shape index (κ3) is 7.38. The van der Waals surface area contributed by atoms with E-state index in [9.17, 15) is 13.2 Å². The fraction of sp³-hybridized carbons (Fsp3) is 0.111. The lowest BCUT2D eigenvalue weighted by atomic mass is 10.1. The first kappa shape index (κ1) is 24.3. The van der Waals surface area contributed by atoms with Gasteiger partial charge in [0.15, 0.2) is 5.76 Å². The SMILES string of the molecule is N=C(C#Cc1ccccc1C(F)(F)F)/C=C(/OCc1ccccc1)C(=N)OCc1ccccc1. The average Bonchev–Trinajstić information content (AvgIpc) is 2.84. The molecule has 0 bridgehead atoms. The largest absolute Gasteiger partial charge is 0.483 e. The zero-order valence-electron chi connectivity index (χ0n) is 18.0. The second-order valence-electron chi connectivity index (χ2n) is 7.09. The van der Waals surface area contributed by atoms with Crippen molar-refractivity contribution in [2.24, 2.45) is 0 Å². The minimum Gasteiger partial charge on any atom is -0.483 e. The second kappa shape index (κ2) is 11.5. The average molecular weight is 462 g/mol. The molecule has 0 aliphatic carbocycles. The van der Waals surface area contributed by atoms with Gasteiger partial charge in [-0.05, 0) is 29.2 Å². The van der Waals surface area contributed by atoms with E-state index >= 15 is 0 Å². The molecule has 4 nitrogen and oxygen atoms in total. The van der Waals surface area contributed by atoms with Crippen LogP contribution in [0.15, 0.2) is 96.8 Å². The van der Waals surface area contributed by atoms with E-state index in [1.165, 1.54) is 24.3 Å². The highest BCUT2D eigenvalue weighted by Crippen LogP contribution is 2.31. The topological polar surface area (TPSA) is 66.2 Å². The Morgan fingerprint density at radius 3 is 1.88 bits per heavy atom. The molecule has 0 aliphatic rings. The normalized spacial score (nSPS) is 11.2. The van der Waals surface area contributed by atoms with Gasteiger partial charge in [0.05, 0.1) is 5.56 Å². The molecule has 0 spiro atoms. The van der Waals surface area contributed by atoms with Gasteiger partial charge in [-0.15, -0.1) is 0 Å². The van der Waals surface area contributed by atoms with Crippen molar-refractivity contribution in [3.8, 4) is 11.8 Å². The minimum absolute atomic E-state index is 0.0526. The van der Waals surface area contributed by atoms with E-state index < -0.39 is 11.7 Å². The van der Waals surface area contributed by atoms with Crippen molar-refractivity contribution >= 4 is 11.6 Å². The summed E-state index contributed by atoms with van der Waals surface area (Å²) < 4.78 is 50.7. The number of allylic oxidation sites excluding steroid dienone is 1. The zero-order valence-corrected chi connectivity index (χ0v) is 18.0. The first-order chi connectivity index (χ1) is 16.3. The molecule has 0 saturated carbocycles. The predicted octanol–water partition coefficient (Wildman–Crippen LogP) is 6.37. The highest BCUT2D eigenvalue weighted by Gasteiger charge is 2.32. The van der Waals surface area contributed by atoms with E-state index in [0.29, 0.717) is 0 Å². The van der Waals surface area contributed by atoms with Crippen LogP contribution in [0.25, 0.3) is 0 Å². The Labute approximate surface area is 195 Å². The summed E-state index contributed by atoms with van der Waals surface area (Å²) in [5.41, 5.74) is 0.233. The maximum Gasteiger partial charge on any atom is 0.417 e. The van der Waals surface area contributed by atoms with Crippen molar-refractivity contribution in [2.75, 3.05) is 0 Å². The van der Waals surface area contributed by atoms with Crippen molar-refractivity contribution in [3.05, 3.63) is 119 Å². The maximum atomic E-state index is 13.2. The van der Waals surface area contributed by atoms with E-state index in [1.54, 1.807) is 0 Å². The maximum absolute atomic E-state index is 13.2. The van der Waals surface area contributed by atoms with Gasteiger partial charge in [-0.3, -0.25) is 10.8 Å². The van der Waals surface area contributed by atoms with Crippen molar-refractivity contribution in [2.45, 2.75) is 19.4 Å². The standard InChI is InChI=1S/C27H21F3N2O2/c28-27(29,30)24-14-8-7-13-22(24)15-16-23(31)17-25(33-18-20-9-3-1-4-10-20)26(32)34-19-21-11-5-2-6-12-21/h1-14,17,31-32H,18-19H2/b25-17+,31-23?,32-26?. The Morgan fingerprint density at radius 2 is 1.29 bits per heavy atom. The van der Waals surface area contributed by atoms with Crippen molar-refractivity contribution in [3.63, 3.8) is 0 Å². The van der Waals surface area contributed by atoms with Crippen molar-refractivity contribution in [1.29, 1.82) is 10.8 Å². The Bertz CT molecular complexity index is 1230. The predicted molar refractivity (Wildman–Crippen MR) is 124 cm³/mol. The molecule has 7 heteroatoms. The number of benzene rings is 3. The lowest BCUT2D eigenvalue weighted by Gasteiger charge is -2.13. The first-order valence-corrected chi connectivity index (χ1v) is 10.2. The van der Waals surface area contributed by atoms with Crippen LogP contribution in [0.4, 0.5) is 13.2 Å². The van der Waals surface area contributed by atoms with Crippen LogP contribution in [0, 0.1) is 22.7 Å². The van der Waals surface area contributed by atoms with E-state index in [2.05, 4.69) is 11.8 Å². The van der Waals surface area contributed by atoms with Crippen LogP contribution in [0.5, 0.6) is 0 Å². The van der Waals surface area contributed by atoms with Crippen molar-refractivity contribution < 1.29 is 22.6 Å². The van der Waals surface area contributed by atoms with Gasteiger partial charge in [0.25, 0.3) is 0 Å². The summed E-state index contributed by atoms with van der Waals surface area (Å²) in [4.78, 5) is 0. The van der Waals surface area contributed by atoms with Crippen molar-refractivity contribution in [1.82, 2.24) is 0 Å². The van der Waals surface area contributed by atoms with Crippen LogP contribution in [0.1, 0.15) is 22.3 Å². The number of rotatable bonds is 7. The van der Waals surface area contributed by atoms with E-state index in [-0.39, 0.29) is 36.1 Å². The number of alkyl halides is 3. The Kier molecular flexibility index (Phi) is 8.25. The third-order valence-corrected chi connectivity index (χ3v) is 4.53. The van der Waals surface area contributed by atoms with Crippen LogP contribution >= 0.6 is 0 Å². The number of hydrogen-bond donors (Lipinski definition) is 2. The summed E-state index contributed by atoms with van der Waals surface area (Å²) in [6.45, 7) is 0.227. The molecule has 0 atom stereocenters. The molecule has 0 fully saturated rings. The Morgan fingerprint density at radius 1 is 0.765 bits per heavy atom. The summed E-state index contributed by atoms with van der Waals surface area (Å²) in [6.07, 6.45) is -3.39. The molecule has 3 aromatic rings. The van der Waals surface area contributed by atoms with Gasteiger partial charge in [0.2, 0.25) is 5.90 Å². The molecule has 0 heterocycles.